The van der Waals surface area contributed by atoms with Gasteiger partial charge in [-0.25, -0.2) is 15.0 Å². The summed E-state index contributed by atoms with van der Waals surface area (Å²) in [7, 11) is 0. The molecule has 0 saturated heterocycles. The number of hydrogen-bond donors (Lipinski definition) is 2. The summed E-state index contributed by atoms with van der Waals surface area (Å²) in [6.45, 7) is 13.3. The normalized spacial score (nSPS) is 21.5. The summed E-state index contributed by atoms with van der Waals surface area (Å²) in [5, 5.41) is 13.6. The lowest BCUT2D eigenvalue weighted by Gasteiger charge is -2.32. The van der Waals surface area contributed by atoms with Crippen molar-refractivity contribution in [1.29, 1.82) is 0 Å². The van der Waals surface area contributed by atoms with Crippen molar-refractivity contribution in [2.75, 3.05) is 5.32 Å². The van der Waals surface area contributed by atoms with Crippen LogP contribution in [0.15, 0.2) is 24.9 Å². The van der Waals surface area contributed by atoms with Gasteiger partial charge in [-0.15, -0.1) is 0 Å². The van der Waals surface area contributed by atoms with E-state index < -0.39 is 0 Å². The third kappa shape index (κ3) is 4.77. The number of imidazole rings is 1. The average Bonchev–Trinajstić information content (AvgIpc) is 3.22. The largest absolute Gasteiger partial charge is 0.388 e. The summed E-state index contributed by atoms with van der Waals surface area (Å²) in [5.41, 5.74) is 4.49. The first-order valence-corrected chi connectivity index (χ1v) is 13.7. The van der Waals surface area contributed by atoms with Crippen LogP contribution in [0, 0.1) is 17.8 Å². The van der Waals surface area contributed by atoms with Gasteiger partial charge in [0.1, 0.15) is 17.8 Å². The Bertz CT molecular complexity index is 1240. The second kappa shape index (κ2) is 10.3. The fourth-order valence-electron chi connectivity index (χ4n) is 5.63. The number of anilines is 1. The molecule has 3 aromatic rings. The maximum absolute atomic E-state index is 9.93. The molecule has 7 nitrogen and oxygen atoms in total. The smallest absolute Gasteiger partial charge is 0.184 e. The lowest BCUT2D eigenvalue weighted by molar-refractivity contribution is 0.271. The molecule has 5 rings (SSSR count). The molecule has 2 fully saturated rings. The van der Waals surface area contributed by atoms with Crippen LogP contribution in [-0.2, 0) is 6.61 Å². The molecule has 0 aliphatic heterocycles. The molecule has 0 spiro atoms. The molecule has 0 aromatic carbocycles. The van der Waals surface area contributed by atoms with Gasteiger partial charge < -0.3 is 10.4 Å². The third-order valence-electron chi connectivity index (χ3n) is 8.38. The van der Waals surface area contributed by atoms with Gasteiger partial charge in [0.25, 0.3) is 0 Å². The first-order valence-electron chi connectivity index (χ1n) is 13.7. The van der Waals surface area contributed by atoms with Gasteiger partial charge >= 0.3 is 0 Å². The molecule has 3 heterocycles. The first-order chi connectivity index (χ1) is 17.4. The molecule has 1 atom stereocenters. The highest BCUT2D eigenvalue weighted by Crippen LogP contribution is 2.40. The Morgan fingerprint density at radius 2 is 1.86 bits per heavy atom. The quantitative estimate of drug-likeness (QED) is 0.381. The van der Waals surface area contributed by atoms with E-state index in [2.05, 4.69) is 61.3 Å². The summed E-state index contributed by atoms with van der Waals surface area (Å²) >= 11 is 0. The van der Waals surface area contributed by atoms with Crippen molar-refractivity contribution in [1.82, 2.24) is 24.5 Å². The van der Waals surface area contributed by atoms with Gasteiger partial charge in [-0.2, -0.15) is 0 Å². The van der Waals surface area contributed by atoms with Crippen LogP contribution >= 0.6 is 0 Å². The minimum Gasteiger partial charge on any atom is -0.388 e. The zero-order chi connectivity index (χ0) is 25.4. The zero-order valence-electron chi connectivity index (χ0n) is 22.2. The molecule has 2 N–H and O–H groups in total. The van der Waals surface area contributed by atoms with E-state index in [1.54, 1.807) is 0 Å². The van der Waals surface area contributed by atoms with Crippen molar-refractivity contribution >= 4 is 22.7 Å². The van der Waals surface area contributed by atoms with E-state index in [1.807, 2.05) is 6.20 Å². The summed E-state index contributed by atoms with van der Waals surface area (Å²) in [5.74, 6) is 4.01. The average molecular weight is 489 g/mol. The van der Waals surface area contributed by atoms with Crippen molar-refractivity contribution in [3.05, 3.63) is 36.3 Å². The number of aliphatic hydroxyl groups excluding tert-OH is 1. The van der Waals surface area contributed by atoms with Crippen LogP contribution < -0.4 is 5.32 Å². The molecule has 2 aliphatic rings. The van der Waals surface area contributed by atoms with Crippen molar-refractivity contribution < 1.29 is 5.11 Å². The van der Waals surface area contributed by atoms with Crippen molar-refractivity contribution in [2.24, 2.45) is 17.8 Å². The lowest BCUT2D eigenvalue weighted by atomic mass is 9.80. The third-order valence-corrected chi connectivity index (χ3v) is 8.38. The van der Waals surface area contributed by atoms with Crippen LogP contribution in [0.25, 0.3) is 28.4 Å². The Hall–Kier alpha value is -2.80. The highest BCUT2D eigenvalue weighted by atomic mass is 16.3. The molecule has 2 aliphatic carbocycles. The Morgan fingerprint density at radius 3 is 2.50 bits per heavy atom. The number of rotatable bonds is 8. The van der Waals surface area contributed by atoms with E-state index in [4.69, 9.17) is 15.0 Å². The maximum Gasteiger partial charge on any atom is 0.184 e. The minimum atomic E-state index is -0.229. The van der Waals surface area contributed by atoms with Gasteiger partial charge in [0, 0.05) is 17.9 Å². The van der Waals surface area contributed by atoms with Crippen LogP contribution in [0.1, 0.15) is 89.9 Å². The van der Waals surface area contributed by atoms with E-state index in [1.165, 1.54) is 37.7 Å². The Balaban J connectivity index is 1.68. The van der Waals surface area contributed by atoms with Gasteiger partial charge in [-0.1, -0.05) is 46.6 Å². The van der Waals surface area contributed by atoms with E-state index in [-0.39, 0.29) is 12.6 Å². The predicted molar refractivity (Wildman–Crippen MR) is 145 cm³/mol. The Kier molecular flexibility index (Phi) is 7.11. The van der Waals surface area contributed by atoms with Gasteiger partial charge in [0.05, 0.1) is 0 Å². The van der Waals surface area contributed by atoms with Crippen LogP contribution in [-0.4, -0.2) is 35.7 Å². The highest BCUT2D eigenvalue weighted by molar-refractivity contribution is 5.90. The van der Waals surface area contributed by atoms with Gasteiger partial charge in [-0.3, -0.25) is 9.55 Å². The summed E-state index contributed by atoms with van der Waals surface area (Å²) in [4.78, 5) is 19.1. The highest BCUT2D eigenvalue weighted by Gasteiger charge is 2.30. The van der Waals surface area contributed by atoms with E-state index in [0.29, 0.717) is 29.2 Å². The maximum atomic E-state index is 9.93. The van der Waals surface area contributed by atoms with E-state index in [9.17, 15) is 5.11 Å². The number of fused-ring (bicyclic) bond motifs is 1. The lowest BCUT2D eigenvalue weighted by Crippen LogP contribution is -2.31. The molecular formula is C29H40N6O. The summed E-state index contributed by atoms with van der Waals surface area (Å²) in [6, 6.07) is 4.47. The molecule has 2 saturated carbocycles. The predicted octanol–water partition coefficient (Wildman–Crippen LogP) is 6.40. The molecule has 1 unspecified atom stereocenters. The fourth-order valence-corrected chi connectivity index (χ4v) is 5.63. The molecule has 192 valence electrons. The molecular weight excluding hydrogens is 448 g/mol. The molecule has 7 heteroatoms. The van der Waals surface area contributed by atoms with Crippen LogP contribution in [0.2, 0.25) is 0 Å². The number of nitrogens with zero attached hydrogens (tertiary/aromatic N) is 5. The van der Waals surface area contributed by atoms with Gasteiger partial charge in [-0.05, 0) is 74.0 Å². The second-order valence-corrected chi connectivity index (χ2v) is 11.3. The molecule has 0 amide bonds. The van der Waals surface area contributed by atoms with Crippen molar-refractivity contribution in [3.8, 4) is 11.5 Å². The fraction of sp³-hybridized carbons (Fsp3) is 0.586. The second-order valence-electron chi connectivity index (χ2n) is 11.3. The number of aliphatic hydroxyl groups is 1. The Labute approximate surface area is 214 Å². The monoisotopic (exact) mass is 488 g/mol. The topological polar surface area (TPSA) is 88.8 Å². The van der Waals surface area contributed by atoms with E-state index in [0.717, 1.165) is 47.3 Å². The van der Waals surface area contributed by atoms with Gasteiger partial charge in [0.2, 0.25) is 0 Å². The van der Waals surface area contributed by atoms with Crippen LogP contribution in [0.4, 0.5) is 5.82 Å². The standard InChI is InChI=1S/C29H40N6O/c1-17(2)23-13-14-30-24(15-23)29-34-28-26(35(29)20(5)22-11-9-18(3)10-12-22)27(32-25(16-36)33-28)31-19(4)21-7-6-8-21/h13-15,17-19,21-22,36H,5-12,16H2,1-4H3,(H,31,32,33). The molecule has 3 aromatic heterocycles. The molecule has 0 bridgehead atoms. The minimum absolute atomic E-state index is 0.229. The molecule has 0 radical (unpaired) electrons. The summed E-state index contributed by atoms with van der Waals surface area (Å²) < 4.78 is 2.17. The summed E-state index contributed by atoms with van der Waals surface area (Å²) in [6.07, 6.45) is 10.3. The number of hydrogen-bond acceptors (Lipinski definition) is 6. The van der Waals surface area contributed by atoms with Crippen molar-refractivity contribution in [3.63, 3.8) is 0 Å². The SMILES string of the molecule is C=C(C1CCC(C)CC1)n1c(-c2cc(C(C)C)ccn2)nc2nc(CO)nc(NC(C)C3CCC3)c21. The van der Waals surface area contributed by atoms with Crippen molar-refractivity contribution in [2.45, 2.75) is 91.2 Å². The number of aromatic nitrogens is 5. The molecule has 36 heavy (non-hydrogen) atoms. The van der Waals surface area contributed by atoms with Gasteiger partial charge in [0.15, 0.2) is 23.1 Å². The zero-order valence-corrected chi connectivity index (χ0v) is 22.2. The van der Waals surface area contributed by atoms with Crippen LogP contribution in [0.3, 0.4) is 0 Å². The number of pyridine rings is 1. The number of allylic oxidation sites excluding steroid dienone is 1. The number of nitrogens with one attached hydrogen (secondary N) is 1. The van der Waals surface area contributed by atoms with Crippen LogP contribution in [0.5, 0.6) is 0 Å². The first kappa shape index (κ1) is 24.9. The Morgan fingerprint density at radius 1 is 1.11 bits per heavy atom. The van der Waals surface area contributed by atoms with E-state index >= 15 is 0 Å².